The fourth-order valence-corrected chi connectivity index (χ4v) is 5.56. The Hall–Kier alpha value is -2.18. The van der Waals surface area contributed by atoms with Crippen molar-refractivity contribution in [1.29, 1.82) is 0 Å². The number of thiol groups is 1. The summed E-state index contributed by atoms with van der Waals surface area (Å²) in [5, 5.41) is 8.83. The number of hydrogen-bond donors (Lipinski definition) is 3. The lowest BCUT2D eigenvalue weighted by Gasteiger charge is -2.27. The predicted octanol–water partition coefficient (Wildman–Crippen LogP) is 1.96. The number of thioether (sulfide) groups is 1. The molecular formula is C23H30N4O5S3. The van der Waals surface area contributed by atoms with Gasteiger partial charge in [0.25, 0.3) is 0 Å². The Morgan fingerprint density at radius 2 is 2.14 bits per heavy atom. The lowest BCUT2D eigenvalue weighted by Crippen LogP contribution is -2.53. The van der Waals surface area contributed by atoms with E-state index in [9.17, 15) is 19.2 Å². The summed E-state index contributed by atoms with van der Waals surface area (Å²) >= 11 is 6.81. The van der Waals surface area contributed by atoms with E-state index in [0.717, 1.165) is 5.01 Å². The zero-order chi connectivity index (χ0) is 25.6. The third-order valence-corrected chi connectivity index (χ3v) is 8.01. The fraction of sp³-hybridized carbons (Fsp3) is 0.565. The van der Waals surface area contributed by atoms with Crippen LogP contribution in [0.5, 0.6) is 0 Å². The minimum atomic E-state index is -1.03. The Morgan fingerprint density at radius 1 is 1.37 bits per heavy atom. The number of Topliss-reactive ketones (excluding diaryl/α,β-unsaturated/α-hetero) is 1. The maximum absolute atomic E-state index is 13.2. The number of hydrogen-bond acceptors (Lipinski definition) is 10. The summed E-state index contributed by atoms with van der Waals surface area (Å²) in [6, 6.07) is -0.905. The molecule has 1 aromatic heterocycles. The molecule has 190 valence electrons. The van der Waals surface area contributed by atoms with Gasteiger partial charge in [0, 0.05) is 36.9 Å². The number of thiazole rings is 1. The highest BCUT2D eigenvalue weighted by Gasteiger charge is 2.41. The monoisotopic (exact) mass is 538 g/mol. The van der Waals surface area contributed by atoms with Crippen molar-refractivity contribution in [3.8, 4) is 0 Å². The van der Waals surface area contributed by atoms with Gasteiger partial charge in [-0.05, 0) is 18.9 Å². The van der Waals surface area contributed by atoms with Gasteiger partial charge in [-0.2, -0.15) is 12.6 Å². The molecule has 1 aromatic rings. The van der Waals surface area contributed by atoms with Crippen molar-refractivity contribution in [2.24, 2.45) is 10.9 Å². The molecule has 4 bridgehead atoms. The van der Waals surface area contributed by atoms with E-state index in [1.54, 1.807) is 19.1 Å². The smallest absolute Gasteiger partial charge is 0.329 e. The van der Waals surface area contributed by atoms with Crippen LogP contribution in [0.4, 0.5) is 0 Å². The van der Waals surface area contributed by atoms with Gasteiger partial charge in [0.2, 0.25) is 11.8 Å². The van der Waals surface area contributed by atoms with Crippen molar-refractivity contribution in [2.45, 2.75) is 57.7 Å². The van der Waals surface area contributed by atoms with Crippen molar-refractivity contribution in [1.82, 2.24) is 15.6 Å². The maximum atomic E-state index is 13.2. The first-order chi connectivity index (χ1) is 16.6. The standard InChI is InChI=1S/C23H30N4O5S3/c1-13(2)19-21(30)32-15(5-4-8-24-17(29)10-33)9-14(28)6-7-18-25-16(11-34-18)20-27-23(3,12-35-20)22(31)26-19/h4-5,11,13,15,19,33H,6-10,12H2,1-3H3,(H,24,29)(H,26,31)/b5-4+/t15-,19?,23+/m1/s1. The SMILES string of the molecule is CC(C)C1NC(=O)[C@]2(C)CSC(=N2)c2csc(n2)CCC(=O)C[C@@H](/C=C/CNC(=O)CS)OC1=O. The summed E-state index contributed by atoms with van der Waals surface area (Å²) in [5.74, 6) is -1.06. The molecule has 1 unspecified atom stereocenters. The highest BCUT2D eigenvalue weighted by molar-refractivity contribution is 8.14. The molecule has 3 rings (SSSR count). The Bertz CT molecular complexity index is 1040. The van der Waals surface area contributed by atoms with Crippen LogP contribution in [-0.4, -0.2) is 69.3 Å². The lowest BCUT2D eigenvalue weighted by molar-refractivity contribution is -0.153. The number of rotatable bonds is 5. The van der Waals surface area contributed by atoms with Gasteiger partial charge in [-0.25, -0.2) is 9.78 Å². The number of amides is 2. The molecule has 2 aliphatic rings. The van der Waals surface area contributed by atoms with Gasteiger partial charge in [0.05, 0.1) is 10.8 Å². The highest BCUT2D eigenvalue weighted by atomic mass is 32.2. The number of cyclic esters (lactones) is 1. The first kappa shape index (κ1) is 27.4. The number of nitrogens with one attached hydrogen (secondary N) is 2. The van der Waals surface area contributed by atoms with Crippen LogP contribution in [0.15, 0.2) is 22.5 Å². The van der Waals surface area contributed by atoms with Gasteiger partial charge >= 0.3 is 5.97 Å². The van der Waals surface area contributed by atoms with Gasteiger partial charge in [0.15, 0.2) is 0 Å². The number of nitrogens with zero attached hydrogens (tertiary/aromatic N) is 2. The van der Waals surface area contributed by atoms with E-state index in [1.807, 2.05) is 19.2 Å². The van der Waals surface area contributed by atoms with E-state index in [0.29, 0.717) is 22.9 Å². The first-order valence-electron chi connectivity index (χ1n) is 11.4. The van der Waals surface area contributed by atoms with Gasteiger partial charge in [-0.3, -0.25) is 19.4 Å². The molecule has 0 aromatic carbocycles. The van der Waals surface area contributed by atoms with Crippen LogP contribution in [0, 0.1) is 5.92 Å². The minimum Gasteiger partial charge on any atom is -0.456 e. The Balaban J connectivity index is 1.86. The van der Waals surface area contributed by atoms with Crippen LogP contribution in [0.25, 0.3) is 0 Å². The summed E-state index contributed by atoms with van der Waals surface area (Å²) in [6.07, 6.45) is 3.10. The summed E-state index contributed by atoms with van der Waals surface area (Å²) in [7, 11) is 0. The highest BCUT2D eigenvalue weighted by Crippen LogP contribution is 2.32. The van der Waals surface area contributed by atoms with Gasteiger partial charge in [0.1, 0.15) is 34.2 Å². The van der Waals surface area contributed by atoms with E-state index in [-0.39, 0.29) is 48.7 Å². The average molecular weight is 539 g/mol. The van der Waals surface area contributed by atoms with Crippen LogP contribution in [0.2, 0.25) is 0 Å². The molecular weight excluding hydrogens is 508 g/mol. The largest absolute Gasteiger partial charge is 0.456 e. The normalized spacial score (nSPS) is 26.0. The molecule has 2 amide bonds. The molecule has 2 aliphatic heterocycles. The summed E-state index contributed by atoms with van der Waals surface area (Å²) < 4.78 is 5.68. The van der Waals surface area contributed by atoms with Crippen molar-refractivity contribution < 1.29 is 23.9 Å². The van der Waals surface area contributed by atoms with Crippen LogP contribution in [-0.2, 0) is 30.3 Å². The number of aryl methyl sites for hydroxylation is 1. The molecule has 0 saturated heterocycles. The van der Waals surface area contributed by atoms with Crippen molar-refractivity contribution in [2.75, 3.05) is 18.1 Å². The molecule has 0 saturated carbocycles. The van der Waals surface area contributed by atoms with Crippen LogP contribution < -0.4 is 10.6 Å². The quantitative estimate of drug-likeness (QED) is 0.297. The molecule has 0 fully saturated rings. The third-order valence-electron chi connectivity index (χ3n) is 5.53. The van der Waals surface area contributed by atoms with Gasteiger partial charge in [-0.1, -0.05) is 19.9 Å². The summed E-state index contributed by atoms with van der Waals surface area (Å²) in [5.41, 5.74) is -0.329. The van der Waals surface area contributed by atoms with E-state index >= 15 is 0 Å². The summed E-state index contributed by atoms with van der Waals surface area (Å²) in [4.78, 5) is 59.6. The number of fused-ring (bicyclic) bond motifs is 4. The number of ether oxygens (including phenoxy) is 1. The van der Waals surface area contributed by atoms with E-state index < -0.39 is 23.7 Å². The second-order valence-electron chi connectivity index (χ2n) is 8.91. The van der Waals surface area contributed by atoms with E-state index in [1.165, 1.54) is 23.1 Å². The Morgan fingerprint density at radius 3 is 2.86 bits per heavy atom. The second kappa shape index (κ2) is 12.2. The zero-order valence-corrected chi connectivity index (χ0v) is 22.4. The first-order valence-corrected chi connectivity index (χ1v) is 13.9. The van der Waals surface area contributed by atoms with Crippen LogP contribution in [0.3, 0.4) is 0 Å². The Kier molecular flexibility index (Phi) is 9.54. The third kappa shape index (κ3) is 7.40. The zero-order valence-electron chi connectivity index (χ0n) is 19.9. The van der Waals surface area contributed by atoms with Crippen LogP contribution >= 0.6 is 35.7 Å². The molecule has 3 atom stereocenters. The summed E-state index contributed by atoms with van der Waals surface area (Å²) in [6.45, 7) is 5.57. The van der Waals surface area contributed by atoms with Crippen molar-refractivity contribution >= 4 is 64.3 Å². The number of aliphatic imine (C=N–C) groups is 1. The number of aromatic nitrogens is 1. The van der Waals surface area contributed by atoms with Crippen molar-refractivity contribution in [3.05, 3.63) is 28.2 Å². The number of carbonyl (C=O) groups excluding carboxylic acids is 4. The molecule has 0 radical (unpaired) electrons. The molecule has 35 heavy (non-hydrogen) atoms. The fourth-order valence-electron chi connectivity index (χ4n) is 3.46. The molecule has 3 heterocycles. The minimum absolute atomic E-state index is 0.0139. The maximum Gasteiger partial charge on any atom is 0.329 e. The van der Waals surface area contributed by atoms with Crippen molar-refractivity contribution in [3.63, 3.8) is 0 Å². The number of esters is 1. The number of ketones is 1. The molecule has 0 spiro atoms. The van der Waals surface area contributed by atoms with Gasteiger partial charge < -0.3 is 15.4 Å². The Labute approximate surface area is 218 Å². The molecule has 0 aliphatic carbocycles. The van der Waals surface area contributed by atoms with Gasteiger partial charge in [-0.15, -0.1) is 23.1 Å². The molecule has 9 nitrogen and oxygen atoms in total. The second-order valence-corrected chi connectivity index (χ2v) is 11.1. The molecule has 12 heteroatoms. The predicted molar refractivity (Wildman–Crippen MR) is 140 cm³/mol. The lowest BCUT2D eigenvalue weighted by atomic mass is 10.00. The van der Waals surface area contributed by atoms with E-state index in [2.05, 4.69) is 33.2 Å². The van der Waals surface area contributed by atoms with Crippen LogP contribution in [0.1, 0.15) is 44.3 Å². The number of carbonyl (C=O) groups is 4. The molecule has 2 N–H and O–H groups in total. The van der Waals surface area contributed by atoms with E-state index in [4.69, 9.17) is 4.74 Å². The average Bonchev–Trinajstić information content (AvgIpc) is 3.45. The topological polar surface area (TPSA) is 127 Å².